The molecule has 3 fully saturated rings. The summed E-state index contributed by atoms with van der Waals surface area (Å²) in [6, 6.07) is 0. The molecule has 3 aliphatic rings. The first-order valence-electron chi connectivity index (χ1n) is 16.6. The smallest absolute Gasteiger partial charge is 0.335 e. The molecule has 2 heterocycles. The van der Waals surface area contributed by atoms with Gasteiger partial charge in [-0.05, 0) is 44.3 Å². The van der Waals surface area contributed by atoms with E-state index >= 15 is 0 Å². The minimum atomic E-state index is -2.99. The van der Waals surface area contributed by atoms with Crippen molar-refractivity contribution in [2.24, 2.45) is 0 Å². The molecule has 0 radical (unpaired) electrons. The number of aliphatic hydroxyl groups excluding tert-OH is 2. The van der Waals surface area contributed by atoms with Gasteiger partial charge in [-0.2, -0.15) is 0 Å². The summed E-state index contributed by atoms with van der Waals surface area (Å²) >= 11 is 0. The van der Waals surface area contributed by atoms with Gasteiger partial charge in [-0.25, -0.2) is 0 Å². The molecule has 1 aliphatic carbocycles. The Morgan fingerprint density at radius 3 is 0.667 bits per heavy atom. The number of hydrogen-bond donors (Lipinski definition) is 2. The van der Waals surface area contributed by atoms with Crippen LogP contribution in [0.5, 0.6) is 0 Å². The van der Waals surface area contributed by atoms with Crippen molar-refractivity contribution in [3.05, 3.63) is 0 Å². The van der Waals surface area contributed by atoms with Gasteiger partial charge < -0.3 is 36.1 Å². The zero-order valence-electron chi connectivity index (χ0n) is 29.4. The number of hydrogen-bond acceptors (Lipinski definition) is 8. The minimum absolute atomic E-state index is 0.114. The Morgan fingerprint density at radius 2 is 0.500 bits per heavy atom. The monoisotopic (exact) mass is 664 g/mol. The largest absolute Gasteiger partial charge is 0.414 e. The maximum absolute atomic E-state index is 11.9. The van der Waals surface area contributed by atoms with E-state index in [4.69, 9.17) is 25.9 Å². The van der Waals surface area contributed by atoms with Crippen molar-refractivity contribution < 1.29 is 36.1 Å². The predicted molar refractivity (Wildman–Crippen MR) is 177 cm³/mol. The quantitative estimate of drug-likeness (QED) is 0.260. The Hall–Kier alpha value is 0.548. The predicted octanol–water partition coefficient (Wildman–Crippen LogP) is 7.37. The number of fused-ring (bicyclic) bond motifs is 3. The third kappa shape index (κ3) is 5.80. The second-order valence-electron chi connectivity index (χ2n) is 15.6. The molecule has 2 saturated heterocycles. The third-order valence-electron chi connectivity index (χ3n) is 10.4. The van der Waals surface area contributed by atoms with Gasteiger partial charge in [-0.1, -0.05) is 111 Å². The van der Waals surface area contributed by atoms with Gasteiger partial charge in [0.25, 0.3) is 0 Å². The fourth-order valence-electron chi connectivity index (χ4n) is 7.84. The molecule has 12 heteroatoms. The molecule has 0 aromatic rings. The summed E-state index contributed by atoms with van der Waals surface area (Å²) in [7, 11) is -11.9. The van der Waals surface area contributed by atoms with Crippen molar-refractivity contribution in [2.75, 3.05) is 0 Å². The molecule has 2 N–H and O–H groups in total. The molecule has 0 unspecified atom stereocenters. The molecule has 248 valence electrons. The molecule has 0 bridgehead atoms. The Kier molecular flexibility index (Phi) is 11.4. The lowest BCUT2D eigenvalue weighted by Crippen LogP contribution is -2.69. The maximum Gasteiger partial charge on any atom is 0.335 e. The standard InChI is InChI=1S/C30H64O8Si4/c1-17(2)39(18(3)4)33-27-25(31)26(32)28-30(29(27)35-41(37-39,21(9)10)22(11)12)36-42(23(13)14,24(15)16)38-40(34-28,19(5)6)20(7)8/h17-32H,1-16H3/t25-,26-,27-,28-,29+,30+/m0/s1. The summed E-state index contributed by atoms with van der Waals surface area (Å²) in [5.41, 5.74) is 0.979. The Balaban J connectivity index is 2.36. The number of rotatable bonds is 8. The van der Waals surface area contributed by atoms with E-state index in [9.17, 15) is 10.2 Å². The average molecular weight is 665 g/mol. The van der Waals surface area contributed by atoms with E-state index in [0.717, 1.165) is 0 Å². The highest BCUT2D eigenvalue weighted by Crippen LogP contribution is 2.54. The van der Waals surface area contributed by atoms with Crippen LogP contribution in [0.3, 0.4) is 0 Å². The first-order chi connectivity index (χ1) is 19.2. The molecular weight excluding hydrogens is 601 g/mol. The Morgan fingerprint density at radius 1 is 0.333 bits per heavy atom. The van der Waals surface area contributed by atoms with Crippen LogP contribution in [0.2, 0.25) is 44.3 Å². The van der Waals surface area contributed by atoms with Crippen LogP contribution in [0.1, 0.15) is 111 Å². The molecule has 3 rings (SSSR count). The minimum Gasteiger partial charge on any atom is -0.414 e. The second-order valence-corrected chi connectivity index (χ2v) is 33.2. The second kappa shape index (κ2) is 13.0. The van der Waals surface area contributed by atoms with Crippen LogP contribution in [0, 0.1) is 0 Å². The van der Waals surface area contributed by atoms with E-state index in [1.54, 1.807) is 0 Å². The van der Waals surface area contributed by atoms with Crippen molar-refractivity contribution in [3.63, 3.8) is 0 Å². The lowest BCUT2D eigenvalue weighted by molar-refractivity contribution is -0.204. The van der Waals surface area contributed by atoms with E-state index < -0.39 is 70.9 Å². The van der Waals surface area contributed by atoms with Crippen molar-refractivity contribution in [1.82, 2.24) is 0 Å². The molecule has 0 spiro atoms. The van der Waals surface area contributed by atoms with E-state index in [0.29, 0.717) is 0 Å². The third-order valence-corrected chi connectivity index (χ3v) is 30.9. The van der Waals surface area contributed by atoms with E-state index in [2.05, 4.69) is 111 Å². The van der Waals surface area contributed by atoms with Crippen LogP contribution in [0.25, 0.3) is 0 Å². The molecule has 8 nitrogen and oxygen atoms in total. The molecule has 2 aliphatic heterocycles. The molecule has 42 heavy (non-hydrogen) atoms. The summed E-state index contributed by atoms with van der Waals surface area (Å²) in [4.78, 5) is 0. The highest BCUT2D eigenvalue weighted by Gasteiger charge is 2.70. The van der Waals surface area contributed by atoms with Gasteiger partial charge >= 0.3 is 34.2 Å². The summed E-state index contributed by atoms with van der Waals surface area (Å²) in [5.74, 6) is 0. The van der Waals surface area contributed by atoms with E-state index in [1.165, 1.54) is 0 Å². The summed E-state index contributed by atoms with van der Waals surface area (Å²) in [6.07, 6.45) is -5.34. The van der Waals surface area contributed by atoms with Gasteiger partial charge in [0, 0.05) is 0 Å². The average Bonchev–Trinajstić information content (AvgIpc) is 3.15. The van der Waals surface area contributed by atoms with Crippen LogP contribution in [-0.2, 0) is 25.9 Å². The van der Waals surface area contributed by atoms with E-state index in [-0.39, 0.29) is 44.3 Å². The van der Waals surface area contributed by atoms with Crippen LogP contribution in [0.4, 0.5) is 0 Å². The van der Waals surface area contributed by atoms with Gasteiger partial charge in [-0.15, -0.1) is 0 Å². The molecule has 1 saturated carbocycles. The van der Waals surface area contributed by atoms with Gasteiger partial charge in [0.05, 0.1) is 0 Å². The maximum atomic E-state index is 11.9. The molecule has 0 aromatic heterocycles. The highest BCUT2D eigenvalue weighted by molar-refractivity contribution is 6.85. The molecule has 6 atom stereocenters. The Bertz CT molecular complexity index is 808. The fraction of sp³-hybridized carbons (Fsp3) is 1.00. The van der Waals surface area contributed by atoms with Crippen LogP contribution < -0.4 is 0 Å². The van der Waals surface area contributed by atoms with Crippen molar-refractivity contribution >= 4 is 34.2 Å². The lowest BCUT2D eigenvalue weighted by Gasteiger charge is -2.50. The summed E-state index contributed by atoms with van der Waals surface area (Å²) in [6.45, 7) is 34.9. The molecule has 0 aromatic carbocycles. The number of aliphatic hydroxyl groups is 2. The first kappa shape index (κ1) is 37.0. The van der Waals surface area contributed by atoms with Gasteiger partial charge in [0.15, 0.2) is 0 Å². The zero-order valence-corrected chi connectivity index (χ0v) is 33.4. The van der Waals surface area contributed by atoms with Gasteiger partial charge in [0.1, 0.15) is 36.6 Å². The van der Waals surface area contributed by atoms with Crippen molar-refractivity contribution in [3.8, 4) is 0 Å². The van der Waals surface area contributed by atoms with Crippen LogP contribution >= 0.6 is 0 Å². The van der Waals surface area contributed by atoms with E-state index in [1.807, 2.05) is 0 Å². The van der Waals surface area contributed by atoms with Crippen LogP contribution in [0.15, 0.2) is 0 Å². The lowest BCUT2D eigenvalue weighted by atomic mass is 9.85. The zero-order chi connectivity index (χ0) is 32.3. The van der Waals surface area contributed by atoms with Gasteiger partial charge in [-0.3, -0.25) is 0 Å². The topological polar surface area (TPSA) is 95.8 Å². The normalized spacial score (nSPS) is 34.4. The van der Waals surface area contributed by atoms with Crippen molar-refractivity contribution in [2.45, 2.75) is 192 Å². The summed E-state index contributed by atoms with van der Waals surface area (Å²) < 4.78 is 43.9. The highest BCUT2D eigenvalue weighted by atomic mass is 28.5. The van der Waals surface area contributed by atoms with Gasteiger partial charge in [0.2, 0.25) is 0 Å². The summed E-state index contributed by atoms with van der Waals surface area (Å²) in [5, 5.41) is 23.9. The Labute approximate surface area is 261 Å². The molecule has 0 amide bonds. The van der Waals surface area contributed by atoms with Crippen molar-refractivity contribution in [1.29, 1.82) is 0 Å². The first-order valence-corrected chi connectivity index (χ1v) is 24.5. The fourth-order valence-corrected chi connectivity index (χ4v) is 30.4. The SMILES string of the molecule is CC(C)[Si]1(C(C)C)O[C@H]2[C@@H]3O[Si](C(C)C)(C(C)C)O[Si](C(C)C)(C(C)C)O[C@H]3[C@@H](O)[C@H](O)[C@@H]2O[Si](C(C)C)(C(C)C)O1. The van der Waals surface area contributed by atoms with Crippen LogP contribution in [-0.4, -0.2) is 81.1 Å². The molecular formula is C30H64O8Si4.